The predicted octanol–water partition coefficient (Wildman–Crippen LogP) is 1.63. The lowest BCUT2D eigenvalue weighted by atomic mass is 9.85. The van der Waals surface area contributed by atoms with Crippen LogP contribution in [0.5, 0.6) is 0 Å². The number of likely N-dealkylation sites (tertiary alicyclic amines) is 1. The molecular formula is C14H27N3OS. The van der Waals surface area contributed by atoms with Gasteiger partial charge in [-0.25, -0.2) is 0 Å². The summed E-state index contributed by atoms with van der Waals surface area (Å²) in [5.74, 6) is 0.0671. The van der Waals surface area contributed by atoms with E-state index in [0.717, 1.165) is 32.5 Å². The SMILES string of the molecule is CCN1CCC(N(C)C(=O)C(C)(CC)C(N)=S)CC1. The summed E-state index contributed by atoms with van der Waals surface area (Å²) in [6.07, 6.45) is 2.72. The van der Waals surface area contributed by atoms with Crippen molar-refractivity contribution in [3.63, 3.8) is 0 Å². The average Bonchev–Trinajstić information content (AvgIpc) is 2.44. The number of amides is 1. The van der Waals surface area contributed by atoms with Gasteiger partial charge in [0.1, 0.15) is 0 Å². The van der Waals surface area contributed by atoms with Crippen LogP contribution in [-0.4, -0.2) is 53.4 Å². The number of rotatable bonds is 5. The highest BCUT2D eigenvalue weighted by Gasteiger charge is 2.39. The van der Waals surface area contributed by atoms with Gasteiger partial charge in [-0.05, 0) is 32.7 Å². The molecule has 4 nitrogen and oxygen atoms in total. The highest BCUT2D eigenvalue weighted by atomic mass is 32.1. The van der Waals surface area contributed by atoms with Gasteiger partial charge in [0.15, 0.2) is 0 Å². The number of nitrogens with two attached hydrogens (primary N) is 1. The summed E-state index contributed by atoms with van der Waals surface area (Å²) in [5, 5.41) is 0. The Morgan fingerprint density at radius 2 is 1.95 bits per heavy atom. The Kier molecular flexibility index (Phi) is 5.74. The van der Waals surface area contributed by atoms with Gasteiger partial charge in [0.2, 0.25) is 5.91 Å². The largest absolute Gasteiger partial charge is 0.392 e. The van der Waals surface area contributed by atoms with Crippen molar-refractivity contribution in [1.82, 2.24) is 9.80 Å². The van der Waals surface area contributed by atoms with Gasteiger partial charge in [-0.15, -0.1) is 0 Å². The molecule has 1 unspecified atom stereocenters. The molecular weight excluding hydrogens is 258 g/mol. The van der Waals surface area contributed by atoms with Gasteiger partial charge in [-0.2, -0.15) is 0 Å². The molecule has 0 saturated carbocycles. The quantitative estimate of drug-likeness (QED) is 0.780. The molecule has 110 valence electrons. The maximum atomic E-state index is 12.6. The second-order valence-electron chi connectivity index (χ2n) is 5.63. The lowest BCUT2D eigenvalue weighted by Crippen LogP contribution is -2.53. The molecule has 1 atom stereocenters. The molecule has 1 fully saturated rings. The van der Waals surface area contributed by atoms with Crippen molar-refractivity contribution in [3.8, 4) is 0 Å². The molecule has 0 aromatic carbocycles. The molecule has 1 heterocycles. The molecule has 0 spiro atoms. The molecule has 5 heteroatoms. The summed E-state index contributed by atoms with van der Waals surface area (Å²) in [6, 6.07) is 0.315. The zero-order chi connectivity index (χ0) is 14.6. The van der Waals surface area contributed by atoms with E-state index in [2.05, 4.69) is 11.8 Å². The number of nitrogens with zero attached hydrogens (tertiary/aromatic N) is 2. The monoisotopic (exact) mass is 285 g/mol. The van der Waals surface area contributed by atoms with Crippen molar-refractivity contribution < 1.29 is 4.79 Å². The molecule has 1 aliphatic rings. The fourth-order valence-electron chi connectivity index (χ4n) is 2.61. The Hall–Kier alpha value is -0.680. The van der Waals surface area contributed by atoms with E-state index >= 15 is 0 Å². The van der Waals surface area contributed by atoms with Crippen LogP contribution in [0.4, 0.5) is 0 Å². The average molecular weight is 285 g/mol. The number of thiocarbonyl (C=S) groups is 1. The molecule has 0 aromatic rings. The summed E-state index contributed by atoms with van der Waals surface area (Å²) in [5.41, 5.74) is 5.07. The van der Waals surface area contributed by atoms with Crippen molar-refractivity contribution in [3.05, 3.63) is 0 Å². The van der Waals surface area contributed by atoms with Gasteiger partial charge in [-0.3, -0.25) is 4.79 Å². The van der Waals surface area contributed by atoms with Gasteiger partial charge in [-0.1, -0.05) is 26.1 Å². The third-order valence-electron chi connectivity index (χ3n) is 4.60. The van der Waals surface area contributed by atoms with Crippen LogP contribution < -0.4 is 5.73 Å². The first-order valence-corrected chi connectivity index (χ1v) is 7.57. The standard InChI is InChI=1S/C14H27N3OS/c1-5-14(3,12(15)19)13(18)16(4)11-7-9-17(6-2)10-8-11/h11H,5-10H2,1-4H3,(H2,15,19). The Morgan fingerprint density at radius 1 is 1.42 bits per heavy atom. The van der Waals surface area contributed by atoms with Crippen LogP contribution in [0.3, 0.4) is 0 Å². The van der Waals surface area contributed by atoms with Gasteiger partial charge >= 0.3 is 0 Å². The zero-order valence-corrected chi connectivity index (χ0v) is 13.4. The van der Waals surface area contributed by atoms with Gasteiger partial charge in [0.25, 0.3) is 0 Å². The van der Waals surface area contributed by atoms with Crippen molar-refractivity contribution in [2.45, 2.75) is 46.1 Å². The summed E-state index contributed by atoms with van der Waals surface area (Å²) in [6.45, 7) is 9.21. The predicted molar refractivity (Wildman–Crippen MR) is 83.1 cm³/mol. The molecule has 0 aromatic heterocycles. The first-order valence-electron chi connectivity index (χ1n) is 7.16. The fraction of sp³-hybridized carbons (Fsp3) is 0.857. The normalized spacial score (nSPS) is 20.8. The van der Waals surface area contributed by atoms with Crippen molar-refractivity contribution in [1.29, 1.82) is 0 Å². The summed E-state index contributed by atoms with van der Waals surface area (Å²) in [4.78, 5) is 17.2. The highest BCUT2D eigenvalue weighted by molar-refractivity contribution is 7.80. The number of carbonyl (C=O) groups is 1. The number of piperidine rings is 1. The van der Waals surface area contributed by atoms with Crippen LogP contribution in [0.1, 0.15) is 40.0 Å². The second-order valence-corrected chi connectivity index (χ2v) is 6.07. The minimum Gasteiger partial charge on any atom is -0.392 e. The molecule has 1 aliphatic heterocycles. The van der Waals surface area contributed by atoms with E-state index in [9.17, 15) is 4.79 Å². The number of hydrogen-bond acceptors (Lipinski definition) is 3. The lowest BCUT2D eigenvalue weighted by Gasteiger charge is -2.40. The van der Waals surface area contributed by atoms with Gasteiger partial charge in [0.05, 0.1) is 10.4 Å². The van der Waals surface area contributed by atoms with Crippen molar-refractivity contribution in [2.75, 3.05) is 26.7 Å². The third kappa shape index (κ3) is 3.45. The molecule has 1 saturated heterocycles. The molecule has 0 aliphatic carbocycles. The van der Waals surface area contributed by atoms with Crippen molar-refractivity contribution in [2.24, 2.45) is 11.1 Å². The van der Waals surface area contributed by atoms with Crippen LogP contribution in [0, 0.1) is 5.41 Å². The van der Waals surface area contributed by atoms with Gasteiger partial charge in [0, 0.05) is 26.2 Å². The lowest BCUT2D eigenvalue weighted by molar-refractivity contribution is -0.139. The van der Waals surface area contributed by atoms with Gasteiger partial charge < -0.3 is 15.5 Å². The molecule has 1 amide bonds. The summed E-state index contributed by atoms with van der Waals surface area (Å²) >= 11 is 5.09. The number of carbonyl (C=O) groups excluding carboxylic acids is 1. The smallest absolute Gasteiger partial charge is 0.235 e. The molecule has 19 heavy (non-hydrogen) atoms. The first kappa shape index (κ1) is 16.4. The van der Waals surface area contributed by atoms with E-state index in [1.807, 2.05) is 25.8 Å². The summed E-state index contributed by atoms with van der Waals surface area (Å²) in [7, 11) is 1.89. The molecule has 0 bridgehead atoms. The van der Waals surface area contributed by atoms with Crippen LogP contribution in [-0.2, 0) is 4.79 Å². The molecule has 1 rings (SSSR count). The van der Waals surface area contributed by atoms with E-state index < -0.39 is 5.41 Å². The topological polar surface area (TPSA) is 49.6 Å². The van der Waals surface area contributed by atoms with Crippen LogP contribution in [0.15, 0.2) is 0 Å². The van der Waals surface area contributed by atoms with E-state index in [1.165, 1.54) is 0 Å². The van der Waals surface area contributed by atoms with E-state index in [0.29, 0.717) is 17.5 Å². The second kappa shape index (κ2) is 6.66. The van der Waals surface area contributed by atoms with E-state index in [4.69, 9.17) is 18.0 Å². The summed E-state index contributed by atoms with van der Waals surface area (Å²) < 4.78 is 0. The minimum atomic E-state index is -0.702. The Morgan fingerprint density at radius 3 is 2.32 bits per heavy atom. The highest BCUT2D eigenvalue weighted by Crippen LogP contribution is 2.27. The Balaban J connectivity index is 2.70. The van der Waals surface area contributed by atoms with E-state index in [-0.39, 0.29) is 5.91 Å². The molecule has 2 N–H and O–H groups in total. The maximum absolute atomic E-state index is 12.6. The third-order valence-corrected chi connectivity index (χ3v) is 5.05. The minimum absolute atomic E-state index is 0.0671. The zero-order valence-electron chi connectivity index (χ0n) is 12.6. The Labute approximate surface area is 122 Å². The maximum Gasteiger partial charge on any atom is 0.235 e. The molecule has 0 radical (unpaired) electrons. The van der Waals surface area contributed by atoms with Crippen LogP contribution >= 0.6 is 12.2 Å². The van der Waals surface area contributed by atoms with Crippen molar-refractivity contribution >= 4 is 23.1 Å². The Bertz CT molecular complexity index is 340. The first-order chi connectivity index (χ1) is 8.86. The number of hydrogen-bond donors (Lipinski definition) is 1. The fourth-order valence-corrected chi connectivity index (χ4v) is 2.84. The van der Waals surface area contributed by atoms with E-state index in [1.54, 1.807) is 0 Å². The van der Waals surface area contributed by atoms with Crippen LogP contribution in [0.25, 0.3) is 0 Å². The van der Waals surface area contributed by atoms with Crippen LogP contribution in [0.2, 0.25) is 0 Å².